The minimum Gasteiger partial charge on any atom is -0.309 e. The normalized spacial score (nSPS) is 10.1. The van der Waals surface area contributed by atoms with E-state index in [0.717, 1.165) is 5.56 Å². The number of nitriles is 1. The fourth-order valence-electron chi connectivity index (χ4n) is 1.85. The summed E-state index contributed by atoms with van der Waals surface area (Å²) < 4.78 is 0. The van der Waals surface area contributed by atoms with E-state index in [1.54, 1.807) is 12.1 Å². The third-order valence-corrected chi connectivity index (χ3v) is 3.34. The van der Waals surface area contributed by atoms with Gasteiger partial charge in [0.2, 0.25) is 0 Å². The van der Waals surface area contributed by atoms with E-state index in [0.29, 0.717) is 29.2 Å². The van der Waals surface area contributed by atoms with Crippen molar-refractivity contribution in [3.8, 4) is 6.07 Å². The lowest BCUT2D eigenvalue weighted by Crippen LogP contribution is -2.13. The van der Waals surface area contributed by atoms with Crippen molar-refractivity contribution in [2.45, 2.75) is 13.1 Å². The van der Waals surface area contributed by atoms with Crippen molar-refractivity contribution in [1.29, 1.82) is 5.26 Å². The third kappa shape index (κ3) is 4.02. The molecule has 2 aromatic rings. The van der Waals surface area contributed by atoms with Crippen LogP contribution >= 0.6 is 11.6 Å². The lowest BCUT2D eigenvalue weighted by atomic mass is 10.1. The van der Waals surface area contributed by atoms with Gasteiger partial charge in [-0.1, -0.05) is 23.7 Å². The molecule has 0 saturated carbocycles. The van der Waals surface area contributed by atoms with Crippen molar-refractivity contribution in [3.63, 3.8) is 0 Å². The van der Waals surface area contributed by atoms with Crippen LogP contribution in [0.2, 0.25) is 5.02 Å². The Bertz CT molecular complexity index is 693. The predicted molar refractivity (Wildman–Crippen MR) is 79.8 cm³/mol. The van der Waals surface area contributed by atoms with Crippen molar-refractivity contribution in [2.75, 3.05) is 0 Å². The SMILES string of the molecule is N#Cc1ccc(CNCc2cc([N+](=O)[O-])ccc2Cl)cc1. The number of rotatable bonds is 5. The molecule has 1 N–H and O–H groups in total. The first-order valence-corrected chi connectivity index (χ1v) is 6.60. The Kier molecular flexibility index (Phi) is 4.88. The molecule has 0 aromatic heterocycles. The van der Waals surface area contributed by atoms with Gasteiger partial charge in [0.1, 0.15) is 0 Å². The molecule has 2 aromatic carbocycles. The summed E-state index contributed by atoms with van der Waals surface area (Å²) in [6.07, 6.45) is 0. The van der Waals surface area contributed by atoms with Gasteiger partial charge >= 0.3 is 0 Å². The Labute approximate surface area is 126 Å². The van der Waals surface area contributed by atoms with Gasteiger partial charge in [0.25, 0.3) is 5.69 Å². The second kappa shape index (κ2) is 6.84. The summed E-state index contributed by atoms with van der Waals surface area (Å²) >= 11 is 6.02. The summed E-state index contributed by atoms with van der Waals surface area (Å²) in [5.74, 6) is 0. The smallest absolute Gasteiger partial charge is 0.269 e. The number of hydrogen-bond acceptors (Lipinski definition) is 4. The van der Waals surface area contributed by atoms with Gasteiger partial charge in [0.05, 0.1) is 16.6 Å². The molecule has 0 bridgehead atoms. The van der Waals surface area contributed by atoms with Crippen LogP contribution in [0, 0.1) is 21.4 Å². The van der Waals surface area contributed by atoms with Crippen molar-refractivity contribution < 1.29 is 4.92 Å². The van der Waals surface area contributed by atoms with Crippen LogP contribution < -0.4 is 5.32 Å². The molecule has 6 heteroatoms. The highest BCUT2D eigenvalue weighted by Crippen LogP contribution is 2.21. The zero-order valence-corrected chi connectivity index (χ0v) is 11.8. The van der Waals surface area contributed by atoms with Gasteiger partial charge in [-0.15, -0.1) is 0 Å². The van der Waals surface area contributed by atoms with Gasteiger partial charge in [-0.05, 0) is 29.3 Å². The first kappa shape index (κ1) is 15.0. The molecule has 0 fully saturated rings. The topological polar surface area (TPSA) is 79.0 Å². The Morgan fingerprint density at radius 1 is 1.19 bits per heavy atom. The molecular weight excluding hydrogens is 290 g/mol. The van der Waals surface area contributed by atoms with E-state index in [4.69, 9.17) is 16.9 Å². The van der Waals surface area contributed by atoms with Crippen LogP contribution in [0.15, 0.2) is 42.5 Å². The molecule has 106 valence electrons. The summed E-state index contributed by atoms with van der Waals surface area (Å²) in [7, 11) is 0. The number of benzene rings is 2. The highest BCUT2D eigenvalue weighted by Gasteiger charge is 2.09. The number of hydrogen-bond donors (Lipinski definition) is 1. The van der Waals surface area contributed by atoms with E-state index in [1.165, 1.54) is 18.2 Å². The van der Waals surface area contributed by atoms with E-state index in [9.17, 15) is 10.1 Å². The molecule has 2 rings (SSSR count). The maximum absolute atomic E-state index is 10.7. The fourth-order valence-corrected chi connectivity index (χ4v) is 2.03. The van der Waals surface area contributed by atoms with Gasteiger partial charge in [0.15, 0.2) is 0 Å². The first-order chi connectivity index (χ1) is 10.1. The van der Waals surface area contributed by atoms with Gasteiger partial charge in [0, 0.05) is 30.2 Å². The van der Waals surface area contributed by atoms with Crippen molar-refractivity contribution >= 4 is 17.3 Å². The molecule has 0 aliphatic rings. The van der Waals surface area contributed by atoms with Crippen LogP contribution in [0.4, 0.5) is 5.69 Å². The molecule has 21 heavy (non-hydrogen) atoms. The minimum atomic E-state index is -0.444. The maximum Gasteiger partial charge on any atom is 0.269 e. The number of nitrogens with zero attached hydrogens (tertiary/aromatic N) is 2. The van der Waals surface area contributed by atoms with Crippen LogP contribution in [0.3, 0.4) is 0 Å². The van der Waals surface area contributed by atoms with Crippen LogP contribution in [0.5, 0.6) is 0 Å². The lowest BCUT2D eigenvalue weighted by Gasteiger charge is -2.07. The molecule has 0 heterocycles. The average molecular weight is 302 g/mol. The Hall–Kier alpha value is -2.42. The summed E-state index contributed by atoms with van der Waals surface area (Å²) in [6.45, 7) is 1.02. The third-order valence-electron chi connectivity index (χ3n) is 2.97. The quantitative estimate of drug-likeness (QED) is 0.678. The predicted octanol–water partition coefficient (Wildman–Crippen LogP) is 3.41. The Morgan fingerprint density at radius 2 is 1.90 bits per heavy atom. The molecule has 5 nitrogen and oxygen atoms in total. The maximum atomic E-state index is 10.7. The van der Waals surface area contributed by atoms with Crippen molar-refractivity contribution in [3.05, 3.63) is 74.3 Å². The molecule has 0 spiro atoms. The lowest BCUT2D eigenvalue weighted by molar-refractivity contribution is -0.384. The number of non-ortho nitro benzene ring substituents is 1. The van der Waals surface area contributed by atoms with Gasteiger partial charge in [-0.25, -0.2) is 0 Å². The molecule has 0 amide bonds. The number of nitrogens with one attached hydrogen (secondary N) is 1. The number of nitro benzene ring substituents is 1. The first-order valence-electron chi connectivity index (χ1n) is 6.22. The highest BCUT2D eigenvalue weighted by molar-refractivity contribution is 6.31. The molecule has 0 aliphatic carbocycles. The van der Waals surface area contributed by atoms with E-state index in [1.807, 2.05) is 12.1 Å². The van der Waals surface area contributed by atoms with Gasteiger partial charge < -0.3 is 5.32 Å². The zero-order valence-electron chi connectivity index (χ0n) is 11.0. The molecular formula is C15H12ClN3O2. The largest absolute Gasteiger partial charge is 0.309 e. The fraction of sp³-hybridized carbons (Fsp3) is 0.133. The molecule has 0 aliphatic heterocycles. The van der Waals surface area contributed by atoms with E-state index in [-0.39, 0.29) is 5.69 Å². The molecule has 0 atom stereocenters. The second-order valence-corrected chi connectivity index (χ2v) is 4.85. The molecule has 0 saturated heterocycles. The summed E-state index contributed by atoms with van der Waals surface area (Å²) in [6, 6.07) is 13.7. The Balaban J connectivity index is 1.98. The molecule has 0 radical (unpaired) electrons. The van der Waals surface area contributed by atoms with Crippen LogP contribution in [0.25, 0.3) is 0 Å². The van der Waals surface area contributed by atoms with Gasteiger partial charge in [-0.2, -0.15) is 5.26 Å². The monoisotopic (exact) mass is 301 g/mol. The molecule has 0 unspecified atom stereocenters. The van der Waals surface area contributed by atoms with Crippen molar-refractivity contribution in [2.24, 2.45) is 0 Å². The number of nitro groups is 1. The standard InChI is InChI=1S/C15H12ClN3O2/c16-15-6-5-14(19(20)21)7-13(15)10-18-9-12-3-1-11(8-17)2-4-12/h1-7,18H,9-10H2. The summed E-state index contributed by atoms with van der Waals surface area (Å²) in [5.41, 5.74) is 2.34. The second-order valence-electron chi connectivity index (χ2n) is 4.45. The Morgan fingerprint density at radius 3 is 2.52 bits per heavy atom. The van der Waals surface area contributed by atoms with Gasteiger partial charge in [-0.3, -0.25) is 10.1 Å². The van der Waals surface area contributed by atoms with Crippen LogP contribution in [-0.4, -0.2) is 4.92 Å². The van der Waals surface area contributed by atoms with E-state index >= 15 is 0 Å². The van der Waals surface area contributed by atoms with Crippen LogP contribution in [0.1, 0.15) is 16.7 Å². The summed E-state index contributed by atoms with van der Waals surface area (Å²) in [5, 5.41) is 23.1. The minimum absolute atomic E-state index is 0.0228. The van der Waals surface area contributed by atoms with E-state index in [2.05, 4.69) is 11.4 Å². The number of halogens is 1. The zero-order chi connectivity index (χ0) is 15.2. The van der Waals surface area contributed by atoms with Crippen LogP contribution in [-0.2, 0) is 13.1 Å². The van der Waals surface area contributed by atoms with E-state index < -0.39 is 4.92 Å². The summed E-state index contributed by atoms with van der Waals surface area (Å²) in [4.78, 5) is 10.3. The van der Waals surface area contributed by atoms with Crippen molar-refractivity contribution in [1.82, 2.24) is 5.32 Å². The average Bonchev–Trinajstić information content (AvgIpc) is 2.49. The highest BCUT2D eigenvalue weighted by atomic mass is 35.5.